The molecular weight excluding hydrogens is 520 g/mol. The van der Waals surface area contributed by atoms with Crippen LogP contribution in [0.25, 0.3) is 16.9 Å². The van der Waals surface area contributed by atoms with E-state index in [9.17, 15) is 13.2 Å². The molecule has 0 radical (unpaired) electrons. The molecule has 1 saturated heterocycles. The van der Waals surface area contributed by atoms with Gasteiger partial charge in [-0.25, -0.2) is 12.9 Å². The fourth-order valence-corrected chi connectivity index (χ4v) is 6.54. The number of aromatic amines is 1. The Bertz CT molecular complexity index is 1500. The summed E-state index contributed by atoms with van der Waals surface area (Å²) in [5.41, 5.74) is 2.81. The lowest BCUT2D eigenvalue weighted by atomic mass is 10.1. The number of nitrogens with zero attached hydrogens (tertiary/aromatic N) is 5. The molecule has 1 aromatic carbocycles. The number of nitrogens with one attached hydrogen (secondary N) is 1. The minimum atomic E-state index is -3.75. The number of rotatable bonds is 11. The van der Waals surface area contributed by atoms with Crippen molar-refractivity contribution < 1.29 is 18.0 Å². The van der Waals surface area contributed by atoms with Crippen molar-refractivity contribution in [2.24, 2.45) is 5.16 Å². The van der Waals surface area contributed by atoms with Gasteiger partial charge >= 0.3 is 0 Å². The Balaban J connectivity index is 1.83. The summed E-state index contributed by atoms with van der Waals surface area (Å²) >= 11 is 0. The second-order valence-corrected chi connectivity index (χ2v) is 11.5. The Kier molecular flexibility index (Phi) is 9.08. The van der Waals surface area contributed by atoms with Gasteiger partial charge in [-0.2, -0.15) is 4.31 Å². The molecule has 0 amide bonds. The predicted octanol–water partition coefficient (Wildman–Crippen LogP) is 3.05. The molecule has 212 valence electrons. The Morgan fingerprint density at radius 3 is 2.51 bits per heavy atom. The van der Waals surface area contributed by atoms with E-state index in [1.807, 2.05) is 20.8 Å². The molecule has 0 saturated carbocycles. The number of oxime groups is 1. The second-order valence-electron chi connectivity index (χ2n) is 9.55. The first-order valence-corrected chi connectivity index (χ1v) is 14.9. The monoisotopic (exact) mass is 558 g/mol. The van der Waals surface area contributed by atoms with E-state index < -0.39 is 10.0 Å². The molecule has 11 nitrogen and oxygen atoms in total. The van der Waals surface area contributed by atoms with Gasteiger partial charge in [0.25, 0.3) is 5.56 Å². The summed E-state index contributed by atoms with van der Waals surface area (Å²) in [6, 6.07) is 4.74. The van der Waals surface area contributed by atoms with Crippen LogP contribution in [0, 0.1) is 6.92 Å². The average Bonchev–Trinajstić information content (AvgIpc) is 3.19. The lowest BCUT2D eigenvalue weighted by molar-refractivity contribution is 0.188. The Hall–Kier alpha value is -3.22. The molecule has 1 aliphatic heterocycles. The summed E-state index contributed by atoms with van der Waals surface area (Å²) in [4.78, 5) is 23.5. The van der Waals surface area contributed by atoms with Gasteiger partial charge in [-0.1, -0.05) is 25.4 Å². The number of aryl methyl sites for hydroxylation is 2. The van der Waals surface area contributed by atoms with Gasteiger partial charge in [-0.3, -0.25) is 4.79 Å². The third-order valence-electron chi connectivity index (χ3n) is 6.97. The van der Waals surface area contributed by atoms with Gasteiger partial charge in [0.15, 0.2) is 5.82 Å². The SMILES string of the molecule is CCCc1c(/C=N/OC)c(C)c2c(=O)[nH]c(-c3cc(S(=O)(=O)N4CCN(CCC)CC4)ccc3OCC)nn12. The summed E-state index contributed by atoms with van der Waals surface area (Å²) < 4.78 is 36.2. The van der Waals surface area contributed by atoms with Crippen LogP contribution < -0.4 is 10.3 Å². The van der Waals surface area contributed by atoms with Crippen LogP contribution in [-0.2, 0) is 21.3 Å². The summed E-state index contributed by atoms with van der Waals surface area (Å²) in [5.74, 6) is 0.664. The number of hydrogen-bond donors (Lipinski definition) is 1. The minimum absolute atomic E-state index is 0.137. The van der Waals surface area contributed by atoms with E-state index in [1.165, 1.54) is 11.4 Å². The van der Waals surface area contributed by atoms with E-state index in [4.69, 9.17) is 14.7 Å². The van der Waals surface area contributed by atoms with Gasteiger partial charge in [0.2, 0.25) is 10.0 Å². The van der Waals surface area contributed by atoms with Crippen molar-refractivity contribution >= 4 is 21.8 Å². The number of benzene rings is 1. The molecule has 0 spiro atoms. The van der Waals surface area contributed by atoms with Crippen LogP contribution in [-0.4, -0.2) is 84.9 Å². The van der Waals surface area contributed by atoms with Gasteiger partial charge in [0, 0.05) is 31.7 Å². The van der Waals surface area contributed by atoms with E-state index in [0.717, 1.165) is 36.2 Å². The van der Waals surface area contributed by atoms with Crippen LogP contribution in [0.15, 0.2) is 33.0 Å². The Labute approximate surface area is 229 Å². The largest absolute Gasteiger partial charge is 0.493 e. The molecule has 2 aromatic heterocycles. The Morgan fingerprint density at radius 1 is 1.13 bits per heavy atom. The van der Waals surface area contributed by atoms with Crippen molar-refractivity contribution in [3.05, 3.63) is 45.4 Å². The van der Waals surface area contributed by atoms with Crippen molar-refractivity contribution in [1.29, 1.82) is 0 Å². The summed E-state index contributed by atoms with van der Waals surface area (Å²) in [7, 11) is -2.29. The first-order valence-electron chi connectivity index (χ1n) is 13.5. The molecule has 0 atom stereocenters. The fraction of sp³-hybridized carbons (Fsp3) is 0.519. The molecule has 3 aromatic rings. The number of H-pyrrole nitrogens is 1. The first-order chi connectivity index (χ1) is 18.8. The normalized spacial score (nSPS) is 15.4. The van der Waals surface area contributed by atoms with Gasteiger partial charge < -0.3 is 19.5 Å². The van der Waals surface area contributed by atoms with E-state index in [1.54, 1.807) is 28.9 Å². The summed E-state index contributed by atoms with van der Waals surface area (Å²) in [6.45, 7) is 11.4. The van der Waals surface area contributed by atoms with Crippen molar-refractivity contribution in [3.8, 4) is 17.1 Å². The molecular formula is C27H38N6O5S. The highest BCUT2D eigenvalue weighted by atomic mass is 32.2. The quantitative estimate of drug-likeness (QED) is 0.284. The topological polar surface area (TPSA) is 122 Å². The van der Waals surface area contributed by atoms with Crippen LogP contribution in [0.5, 0.6) is 5.75 Å². The van der Waals surface area contributed by atoms with Crippen molar-refractivity contribution in [3.63, 3.8) is 0 Å². The van der Waals surface area contributed by atoms with Crippen molar-refractivity contribution in [2.45, 2.75) is 51.9 Å². The highest BCUT2D eigenvalue weighted by Crippen LogP contribution is 2.32. The maximum absolute atomic E-state index is 13.6. The number of aromatic nitrogens is 3. The van der Waals surface area contributed by atoms with E-state index in [-0.39, 0.29) is 16.3 Å². The highest BCUT2D eigenvalue weighted by Gasteiger charge is 2.29. The highest BCUT2D eigenvalue weighted by molar-refractivity contribution is 7.89. The maximum Gasteiger partial charge on any atom is 0.275 e. The number of hydrogen-bond acceptors (Lipinski definition) is 8. The Morgan fingerprint density at radius 2 is 1.87 bits per heavy atom. The van der Waals surface area contributed by atoms with Gasteiger partial charge in [0.05, 0.1) is 29.0 Å². The van der Waals surface area contributed by atoms with Crippen LogP contribution in [0.2, 0.25) is 0 Å². The third kappa shape index (κ3) is 5.73. The number of sulfonamides is 1. The molecule has 1 N–H and O–H groups in total. The first kappa shape index (κ1) is 28.8. The van der Waals surface area contributed by atoms with Gasteiger partial charge in [0.1, 0.15) is 18.4 Å². The van der Waals surface area contributed by atoms with E-state index in [2.05, 4.69) is 22.0 Å². The lowest BCUT2D eigenvalue weighted by Gasteiger charge is -2.33. The van der Waals surface area contributed by atoms with Crippen LogP contribution in [0.1, 0.15) is 50.4 Å². The second kappa shape index (κ2) is 12.3. The van der Waals surface area contributed by atoms with Crippen LogP contribution in [0.3, 0.4) is 0 Å². The van der Waals surface area contributed by atoms with Crippen molar-refractivity contribution in [2.75, 3.05) is 46.4 Å². The van der Waals surface area contributed by atoms with Crippen LogP contribution >= 0.6 is 0 Å². The molecule has 39 heavy (non-hydrogen) atoms. The zero-order chi connectivity index (χ0) is 28.2. The standard InChI is InChI=1S/C27H38N6O5S/c1-6-9-23-22(18-28-37-5)19(4)25-27(34)29-26(30-33(23)25)21-17-20(10-11-24(21)38-8-3)39(35,36)32-15-13-31(12-7-2)14-16-32/h10-11,17-18H,6-9,12-16H2,1-5H3,(H,29,30,34)/b28-18+. The predicted molar refractivity (Wildman–Crippen MR) is 151 cm³/mol. The van der Waals surface area contributed by atoms with Crippen LogP contribution in [0.4, 0.5) is 0 Å². The fourth-order valence-electron chi connectivity index (χ4n) is 5.09. The van der Waals surface area contributed by atoms with E-state index in [0.29, 0.717) is 56.0 Å². The molecule has 3 heterocycles. The molecule has 0 bridgehead atoms. The molecule has 0 aliphatic carbocycles. The average molecular weight is 559 g/mol. The smallest absolute Gasteiger partial charge is 0.275 e. The molecule has 12 heteroatoms. The lowest BCUT2D eigenvalue weighted by Crippen LogP contribution is -2.48. The number of piperazine rings is 1. The number of ether oxygens (including phenoxy) is 1. The zero-order valence-electron chi connectivity index (χ0n) is 23.4. The third-order valence-corrected chi connectivity index (χ3v) is 8.87. The van der Waals surface area contributed by atoms with Gasteiger partial charge in [-0.15, -0.1) is 5.10 Å². The molecule has 1 aliphatic rings. The molecule has 4 rings (SSSR count). The summed E-state index contributed by atoms with van der Waals surface area (Å²) in [6.07, 6.45) is 4.11. The minimum Gasteiger partial charge on any atom is -0.493 e. The van der Waals surface area contributed by atoms with Crippen molar-refractivity contribution in [1.82, 2.24) is 23.8 Å². The zero-order valence-corrected chi connectivity index (χ0v) is 24.2. The molecule has 1 fully saturated rings. The number of fused-ring (bicyclic) bond motifs is 1. The summed E-state index contributed by atoms with van der Waals surface area (Å²) in [5, 5.41) is 8.70. The van der Waals surface area contributed by atoms with Gasteiger partial charge in [-0.05, 0) is 57.0 Å². The molecule has 0 unspecified atom stereocenters. The maximum atomic E-state index is 13.6. The van der Waals surface area contributed by atoms with E-state index >= 15 is 0 Å².